The highest BCUT2D eigenvalue weighted by molar-refractivity contribution is 4.63. The molecule has 0 aromatic carbocycles. The fourth-order valence-corrected chi connectivity index (χ4v) is 1.41. The monoisotopic (exact) mass is 203 g/mol. The summed E-state index contributed by atoms with van der Waals surface area (Å²) in [5, 5.41) is 3.42. The lowest BCUT2D eigenvalue weighted by molar-refractivity contribution is 0.0860. The van der Waals surface area contributed by atoms with E-state index in [9.17, 15) is 0 Å². The molecule has 0 aliphatic rings. The van der Waals surface area contributed by atoms with Crippen molar-refractivity contribution >= 4 is 0 Å². The second-order valence-electron chi connectivity index (χ2n) is 3.46. The average molecular weight is 203 g/mol. The lowest BCUT2D eigenvalue weighted by Gasteiger charge is -2.16. The van der Waals surface area contributed by atoms with Gasteiger partial charge in [0.15, 0.2) is 0 Å². The smallest absolute Gasteiger partial charge is 0.0619 e. The van der Waals surface area contributed by atoms with Crippen LogP contribution in [0.3, 0.4) is 0 Å². The summed E-state index contributed by atoms with van der Waals surface area (Å²) in [6.45, 7) is 7.78. The highest BCUT2D eigenvalue weighted by atomic mass is 16.5. The van der Waals surface area contributed by atoms with Gasteiger partial charge in [0.25, 0.3) is 0 Å². The molecule has 0 saturated carbocycles. The summed E-state index contributed by atoms with van der Waals surface area (Å²) in [6, 6.07) is 0.521. The van der Waals surface area contributed by atoms with Gasteiger partial charge in [-0.05, 0) is 19.4 Å². The van der Waals surface area contributed by atoms with E-state index < -0.39 is 0 Å². The molecular weight excluding hydrogens is 178 g/mol. The molecule has 86 valence electrons. The molecule has 0 amide bonds. The normalized spacial score (nSPS) is 13.1. The molecule has 1 unspecified atom stereocenters. The van der Waals surface area contributed by atoms with Gasteiger partial charge >= 0.3 is 0 Å². The fourth-order valence-electron chi connectivity index (χ4n) is 1.41. The van der Waals surface area contributed by atoms with Crippen molar-refractivity contribution in [2.75, 3.05) is 33.5 Å². The summed E-state index contributed by atoms with van der Waals surface area (Å²) in [6.07, 6.45) is 3.39. The molecular formula is C11H25NO2. The average Bonchev–Trinajstić information content (AvgIpc) is 2.18. The minimum absolute atomic E-state index is 0.521. The predicted octanol–water partition coefficient (Wildman–Crippen LogP) is 1.82. The zero-order valence-corrected chi connectivity index (χ0v) is 9.84. The van der Waals surface area contributed by atoms with Gasteiger partial charge in [0.05, 0.1) is 6.61 Å². The third-order valence-electron chi connectivity index (χ3n) is 2.09. The Hall–Kier alpha value is -0.120. The Balaban J connectivity index is 3.30. The molecule has 3 heteroatoms. The molecule has 1 N–H and O–H groups in total. The Labute approximate surface area is 88.2 Å². The van der Waals surface area contributed by atoms with Gasteiger partial charge in [-0.15, -0.1) is 0 Å². The predicted molar refractivity (Wildman–Crippen MR) is 59.7 cm³/mol. The number of hydrogen-bond acceptors (Lipinski definition) is 3. The van der Waals surface area contributed by atoms with E-state index in [-0.39, 0.29) is 0 Å². The van der Waals surface area contributed by atoms with Gasteiger partial charge in [0.1, 0.15) is 0 Å². The van der Waals surface area contributed by atoms with Crippen molar-refractivity contribution in [2.45, 2.75) is 39.2 Å². The number of likely N-dealkylation sites (N-methyl/N-ethyl adjacent to an activating group) is 1. The van der Waals surface area contributed by atoms with Crippen LogP contribution in [0, 0.1) is 0 Å². The summed E-state index contributed by atoms with van der Waals surface area (Å²) >= 11 is 0. The summed E-state index contributed by atoms with van der Waals surface area (Å²) < 4.78 is 10.5. The van der Waals surface area contributed by atoms with E-state index in [2.05, 4.69) is 19.2 Å². The van der Waals surface area contributed by atoms with Crippen LogP contribution in [0.2, 0.25) is 0 Å². The third kappa shape index (κ3) is 8.48. The highest BCUT2D eigenvalue weighted by Crippen LogP contribution is 1.97. The van der Waals surface area contributed by atoms with Crippen molar-refractivity contribution in [2.24, 2.45) is 0 Å². The highest BCUT2D eigenvalue weighted by Gasteiger charge is 2.04. The van der Waals surface area contributed by atoms with Crippen molar-refractivity contribution in [1.29, 1.82) is 0 Å². The minimum atomic E-state index is 0.521. The zero-order chi connectivity index (χ0) is 10.6. The van der Waals surface area contributed by atoms with E-state index >= 15 is 0 Å². The zero-order valence-electron chi connectivity index (χ0n) is 9.84. The molecule has 1 atom stereocenters. The first-order valence-electron chi connectivity index (χ1n) is 5.65. The standard InChI is InChI=1S/C11H25NO2/c1-4-7-11(12-5-2)10-14-9-6-8-13-3/h11-12H,4-10H2,1-3H3. The first kappa shape index (κ1) is 13.9. The topological polar surface area (TPSA) is 30.5 Å². The Morgan fingerprint density at radius 2 is 2.00 bits per heavy atom. The SMILES string of the molecule is CCCC(COCCCOC)NCC. The second-order valence-corrected chi connectivity index (χ2v) is 3.46. The van der Waals surface area contributed by atoms with Gasteiger partial charge in [-0.2, -0.15) is 0 Å². The maximum Gasteiger partial charge on any atom is 0.0619 e. The third-order valence-corrected chi connectivity index (χ3v) is 2.09. The van der Waals surface area contributed by atoms with Crippen LogP contribution in [0.5, 0.6) is 0 Å². The Morgan fingerprint density at radius 3 is 2.57 bits per heavy atom. The first-order valence-corrected chi connectivity index (χ1v) is 5.65. The van der Waals surface area contributed by atoms with Gasteiger partial charge in [-0.3, -0.25) is 0 Å². The van der Waals surface area contributed by atoms with Crippen molar-refractivity contribution in [3.63, 3.8) is 0 Å². The van der Waals surface area contributed by atoms with Gasteiger partial charge in [-0.1, -0.05) is 20.3 Å². The van der Waals surface area contributed by atoms with Crippen molar-refractivity contribution in [1.82, 2.24) is 5.32 Å². The lowest BCUT2D eigenvalue weighted by atomic mass is 10.2. The number of rotatable bonds is 10. The van der Waals surface area contributed by atoms with E-state index in [4.69, 9.17) is 9.47 Å². The van der Waals surface area contributed by atoms with Crippen LogP contribution in [0.25, 0.3) is 0 Å². The van der Waals surface area contributed by atoms with E-state index in [0.29, 0.717) is 6.04 Å². The van der Waals surface area contributed by atoms with Crippen LogP contribution in [-0.2, 0) is 9.47 Å². The van der Waals surface area contributed by atoms with Crippen molar-refractivity contribution in [3.05, 3.63) is 0 Å². The van der Waals surface area contributed by atoms with Gasteiger partial charge in [0.2, 0.25) is 0 Å². The number of hydrogen-bond donors (Lipinski definition) is 1. The van der Waals surface area contributed by atoms with Crippen molar-refractivity contribution in [3.8, 4) is 0 Å². The van der Waals surface area contributed by atoms with Crippen LogP contribution in [0.15, 0.2) is 0 Å². The summed E-state index contributed by atoms with van der Waals surface area (Å²) in [5.41, 5.74) is 0. The van der Waals surface area contributed by atoms with Crippen LogP contribution in [-0.4, -0.2) is 39.5 Å². The molecule has 14 heavy (non-hydrogen) atoms. The molecule has 0 saturated heterocycles. The second kappa shape index (κ2) is 11.0. The molecule has 0 bridgehead atoms. The maximum absolute atomic E-state index is 5.56. The fraction of sp³-hybridized carbons (Fsp3) is 1.00. The molecule has 0 spiro atoms. The molecule has 0 fully saturated rings. The van der Waals surface area contributed by atoms with E-state index in [1.54, 1.807) is 7.11 Å². The van der Waals surface area contributed by atoms with Gasteiger partial charge in [0, 0.05) is 26.4 Å². The Morgan fingerprint density at radius 1 is 1.21 bits per heavy atom. The van der Waals surface area contributed by atoms with Crippen LogP contribution < -0.4 is 5.32 Å². The van der Waals surface area contributed by atoms with Crippen LogP contribution in [0.1, 0.15) is 33.1 Å². The lowest BCUT2D eigenvalue weighted by Crippen LogP contribution is -2.33. The molecule has 0 aromatic heterocycles. The molecule has 3 nitrogen and oxygen atoms in total. The molecule has 0 aliphatic carbocycles. The van der Waals surface area contributed by atoms with Gasteiger partial charge < -0.3 is 14.8 Å². The Bertz CT molecular complexity index is 103. The first-order chi connectivity index (χ1) is 6.85. The van der Waals surface area contributed by atoms with Gasteiger partial charge in [-0.25, -0.2) is 0 Å². The molecule has 0 aromatic rings. The Kier molecular flexibility index (Phi) is 10.9. The van der Waals surface area contributed by atoms with Crippen LogP contribution >= 0.6 is 0 Å². The summed E-state index contributed by atoms with van der Waals surface area (Å²) in [7, 11) is 1.72. The summed E-state index contributed by atoms with van der Waals surface area (Å²) in [4.78, 5) is 0. The minimum Gasteiger partial charge on any atom is -0.385 e. The number of methoxy groups -OCH3 is 1. The number of ether oxygens (including phenoxy) is 2. The van der Waals surface area contributed by atoms with E-state index in [1.807, 2.05) is 0 Å². The van der Waals surface area contributed by atoms with Crippen LogP contribution in [0.4, 0.5) is 0 Å². The largest absolute Gasteiger partial charge is 0.385 e. The maximum atomic E-state index is 5.56. The molecule has 0 aliphatic heterocycles. The molecule has 0 heterocycles. The summed E-state index contributed by atoms with van der Waals surface area (Å²) in [5.74, 6) is 0. The van der Waals surface area contributed by atoms with E-state index in [1.165, 1.54) is 12.8 Å². The molecule has 0 radical (unpaired) electrons. The number of nitrogens with one attached hydrogen (secondary N) is 1. The van der Waals surface area contributed by atoms with Crippen molar-refractivity contribution < 1.29 is 9.47 Å². The molecule has 0 rings (SSSR count). The quantitative estimate of drug-likeness (QED) is 0.549. The van der Waals surface area contributed by atoms with E-state index in [0.717, 1.165) is 32.8 Å².